The van der Waals surface area contributed by atoms with Crippen molar-refractivity contribution in [2.45, 2.75) is 25.2 Å². The molecule has 0 aliphatic heterocycles. The zero-order chi connectivity index (χ0) is 15.0. The lowest BCUT2D eigenvalue weighted by atomic mass is 9.80. The van der Waals surface area contributed by atoms with Gasteiger partial charge >= 0.3 is 0 Å². The number of sulfonamides is 1. The molecule has 0 amide bonds. The van der Waals surface area contributed by atoms with Gasteiger partial charge in [0.05, 0.1) is 18.3 Å². The molecule has 1 aliphatic rings. The normalized spacial score (nSPS) is 18.3. The average molecular weight is 326 g/mol. The molecule has 3 rings (SSSR count). The Balaban J connectivity index is 2.12. The van der Waals surface area contributed by atoms with Crippen LogP contribution in [0.1, 0.15) is 35.6 Å². The third kappa shape index (κ3) is 2.91. The number of rotatable bonds is 3. The number of hydrogen-bond acceptors (Lipinski definition) is 3. The molecule has 1 aromatic carbocycles. The third-order valence-corrected chi connectivity index (χ3v) is 4.68. The van der Waals surface area contributed by atoms with Crippen LogP contribution in [0.4, 0.5) is 5.69 Å². The minimum Gasteiger partial charge on any atom is -0.348 e. The molecule has 1 unspecified atom stereocenters. The first-order valence-electron chi connectivity index (χ1n) is 6.73. The van der Waals surface area contributed by atoms with E-state index in [1.54, 1.807) is 24.7 Å². The summed E-state index contributed by atoms with van der Waals surface area (Å²) in [4.78, 5) is 7.21. The van der Waals surface area contributed by atoms with Gasteiger partial charge in [0.15, 0.2) is 0 Å². The van der Waals surface area contributed by atoms with E-state index in [0.29, 0.717) is 10.7 Å². The Hall–Kier alpha value is -1.53. The first kappa shape index (κ1) is 14.4. The predicted molar refractivity (Wildman–Crippen MR) is 83.3 cm³/mol. The van der Waals surface area contributed by atoms with Gasteiger partial charge in [0.25, 0.3) is 0 Å². The van der Waals surface area contributed by atoms with Crippen LogP contribution < -0.4 is 4.72 Å². The number of anilines is 1. The van der Waals surface area contributed by atoms with Crippen molar-refractivity contribution >= 4 is 27.3 Å². The van der Waals surface area contributed by atoms with Crippen LogP contribution in [-0.4, -0.2) is 24.6 Å². The van der Waals surface area contributed by atoms with Crippen LogP contribution in [0.25, 0.3) is 0 Å². The Morgan fingerprint density at radius 1 is 1.43 bits per heavy atom. The SMILES string of the molecule is CS(=O)(=O)Nc1ccc(Cl)c2c1CCCC2c1cnc[nH]1. The summed E-state index contributed by atoms with van der Waals surface area (Å²) in [6, 6.07) is 3.49. The highest BCUT2D eigenvalue weighted by molar-refractivity contribution is 7.92. The number of imidazole rings is 1. The summed E-state index contributed by atoms with van der Waals surface area (Å²) in [5.41, 5.74) is 3.62. The number of aromatic amines is 1. The highest BCUT2D eigenvalue weighted by Crippen LogP contribution is 2.42. The summed E-state index contributed by atoms with van der Waals surface area (Å²) in [5.74, 6) is 0.130. The van der Waals surface area contributed by atoms with Crippen molar-refractivity contribution in [1.82, 2.24) is 9.97 Å². The van der Waals surface area contributed by atoms with Crippen molar-refractivity contribution < 1.29 is 8.42 Å². The van der Waals surface area contributed by atoms with Gasteiger partial charge in [-0.05, 0) is 42.5 Å². The van der Waals surface area contributed by atoms with Crippen molar-refractivity contribution in [3.05, 3.63) is 46.5 Å². The zero-order valence-electron chi connectivity index (χ0n) is 11.6. The highest BCUT2D eigenvalue weighted by atomic mass is 35.5. The highest BCUT2D eigenvalue weighted by Gasteiger charge is 2.27. The predicted octanol–water partition coefficient (Wildman–Crippen LogP) is 2.90. The Morgan fingerprint density at radius 3 is 2.90 bits per heavy atom. The molecule has 1 aromatic heterocycles. The average Bonchev–Trinajstić information content (AvgIpc) is 2.94. The van der Waals surface area contributed by atoms with Crippen molar-refractivity contribution in [1.29, 1.82) is 0 Å². The minimum atomic E-state index is -3.31. The quantitative estimate of drug-likeness (QED) is 0.911. The molecule has 0 radical (unpaired) electrons. The third-order valence-electron chi connectivity index (χ3n) is 3.76. The minimum absolute atomic E-state index is 0.130. The first-order valence-corrected chi connectivity index (χ1v) is 9.00. The summed E-state index contributed by atoms with van der Waals surface area (Å²) in [5, 5.41) is 0.670. The summed E-state index contributed by atoms with van der Waals surface area (Å²) in [6.45, 7) is 0. The largest absolute Gasteiger partial charge is 0.348 e. The second-order valence-corrected chi connectivity index (χ2v) is 7.47. The fraction of sp³-hybridized carbons (Fsp3) is 0.357. The van der Waals surface area contributed by atoms with E-state index in [1.807, 2.05) is 0 Å². The molecule has 112 valence electrons. The molecule has 1 atom stereocenters. The van der Waals surface area contributed by atoms with Gasteiger partial charge in [0.1, 0.15) is 0 Å². The second kappa shape index (κ2) is 5.35. The number of hydrogen-bond donors (Lipinski definition) is 2. The lowest BCUT2D eigenvalue weighted by Gasteiger charge is -2.27. The van der Waals surface area contributed by atoms with Gasteiger partial charge in [-0.25, -0.2) is 13.4 Å². The van der Waals surface area contributed by atoms with Gasteiger partial charge in [-0.3, -0.25) is 4.72 Å². The van der Waals surface area contributed by atoms with Crippen LogP contribution in [0.15, 0.2) is 24.7 Å². The van der Waals surface area contributed by atoms with Crippen molar-refractivity contribution in [3.8, 4) is 0 Å². The van der Waals surface area contributed by atoms with E-state index in [0.717, 1.165) is 42.3 Å². The maximum atomic E-state index is 11.5. The van der Waals surface area contributed by atoms with Crippen molar-refractivity contribution in [3.63, 3.8) is 0 Å². The topological polar surface area (TPSA) is 74.8 Å². The molecule has 21 heavy (non-hydrogen) atoms. The molecular formula is C14H16ClN3O2S. The smallest absolute Gasteiger partial charge is 0.229 e. The van der Waals surface area contributed by atoms with Crippen LogP contribution in [0, 0.1) is 0 Å². The van der Waals surface area contributed by atoms with Crippen LogP contribution in [0.5, 0.6) is 0 Å². The molecule has 7 heteroatoms. The van der Waals surface area contributed by atoms with E-state index in [2.05, 4.69) is 14.7 Å². The molecule has 0 spiro atoms. The van der Waals surface area contributed by atoms with Crippen LogP contribution in [-0.2, 0) is 16.4 Å². The van der Waals surface area contributed by atoms with Crippen molar-refractivity contribution in [2.24, 2.45) is 0 Å². The number of H-pyrrole nitrogens is 1. The maximum absolute atomic E-state index is 11.5. The van der Waals surface area contributed by atoms with Gasteiger partial charge in [-0.1, -0.05) is 11.6 Å². The summed E-state index contributed by atoms with van der Waals surface area (Å²) in [7, 11) is -3.31. The van der Waals surface area contributed by atoms with Gasteiger partial charge in [0, 0.05) is 22.8 Å². The van der Waals surface area contributed by atoms with E-state index >= 15 is 0 Å². The fourth-order valence-electron chi connectivity index (χ4n) is 2.97. The molecule has 5 nitrogen and oxygen atoms in total. The Morgan fingerprint density at radius 2 is 2.24 bits per heavy atom. The molecule has 1 heterocycles. The number of nitrogens with one attached hydrogen (secondary N) is 2. The molecule has 0 bridgehead atoms. The number of benzene rings is 1. The lowest BCUT2D eigenvalue weighted by molar-refractivity contribution is 0.603. The Bertz CT molecular complexity index is 757. The maximum Gasteiger partial charge on any atom is 0.229 e. The fourth-order valence-corrected chi connectivity index (χ4v) is 3.87. The lowest BCUT2D eigenvalue weighted by Crippen LogP contribution is -2.17. The number of halogens is 1. The number of fused-ring (bicyclic) bond motifs is 1. The van der Waals surface area contributed by atoms with Crippen LogP contribution in [0.2, 0.25) is 5.02 Å². The van der Waals surface area contributed by atoms with Crippen molar-refractivity contribution in [2.75, 3.05) is 11.0 Å². The van der Waals surface area contributed by atoms with E-state index in [1.165, 1.54) is 0 Å². The van der Waals surface area contributed by atoms with E-state index in [-0.39, 0.29) is 5.92 Å². The molecule has 0 saturated carbocycles. The molecule has 1 aliphatic carbocycles. The van der Waals surface area contributed by atoms with Gasteiger partial charge < -0.3 is 4.98 Å². The van der Waals surface area contributed by atoms with Crippen LogP contribution in [0.3, 0.4) is 0 Å². The second-order valence-electron chi connectivity index (χ2n) is 5.31. The molecule has 0 fully saturated rings. The van der Waals surface area contributed by atoms with E-state index in [4.69, 9.17) is 11.6 Å². The molecule has 2 aromatic rings. The molecule has 0 saturated heterocycles. The van der Waals surface area contributed by atoms with Gasteiger partial charge in [0.2, 0.25) is 10.0 Å². The first-order chi connectivity index (χ1) is 9.96. The summed E-state index contributed by atoms with van der Waals surface area (Å²) >= 11 is 6.39. The number of aromatic nitrogens is 2. The monoisotopic (exact) mass is 325 g/mol. The van der Waals surface area contributed by atoms with E-state index in [9.17, 15) is 8.42 Å². The summed E-state index contributed by atoms with van der Waals surface area (Å²) < 4.78 is 25.6. The van der Waals surface area contributed by atoms with Gasteiger partial charge in [-0.2, -0.15) is 0 Å². The zero-order valence-corrected chi connectivity index (χ0v) is 13.1. The van der Waals surface area contributed by atoms with Crippen LogP contribution >= 0.6 is 11.6 Å². The van der Waals surface area contributed by atoms with E-state index < -0.39 is 10.0 Å². The Kier molecular flexibility index (Phi) is 3.67. The standard InChI is InChI=1S/C14H16ClN3O2S/c1-21(19,20)18-12-6-5-11(15)14-9(12)3-2-4-10(14)13-7-16-8-17-13/h5-8,10,18H,2-4H2,1H3,(H,16,17). The molecular weight excluding hydrogens is 310 g/mol. The Labute approximate surface area is 128 Å². The summed E-state index contributed by atoms with van der Waals surface area (Å²) in [6.07, 6.45) is 7.37. The number of nitrogens with zero attached hydrogens (tertiary/aromatic N) is 1. The molecule has 2 N–H and O–H groups in total. The van der Waals surface area contributed by atoms with Gasteiger partial charge in [-0.15, -0.1) is 0 Å².